The molecule has 1 saturated heterocycles. The molecular formula is C12H15N3O3. The van der Waals surface area contributed by atoms with Gasteiger partial charge in [0, 0.05) is 30.3 Å². The molecule has 0 aliphatic carbocycles. The molecule has 6 nitrogen and oxygen atoms in total. The number of hydrogen-bond donors (Lipinski definition) is 2. The van der Waals surface area contributed by atoms with Crippen molar-refractivity contribution in [1.29, 1.82) is 0 Å². The van der Waals surface area contributed by atoms with Crippen molar-refractivity contribution in [2.45, 2.75) is 19.4 Å². The number of carbonyl (C=O) groups is 1. The van der Waals surface area contributed by atoms with E-state index in [-0.39, 0.29) is 17.6 Å². The molecule has 0 aromatic heterocycles. The van der Waals surface area contributed by atoms with Crippen LogP contribution in [0, 0.1) is 17.0 Å². The van der Waals surface area contributed by atoms with Crippen LogP contribution in [0.3, 0.4) is 0 Å². The summed E-state index contributed by atoms with van der Waals surface area (Å²) < 4.78 is 0. The second-order valence-electron chi connectivity index (χ2n) is 4.42. The van der Waals surface area contributed by atoms with Crippen molar-refractivity contribution in [1.82, 2.24) is 10.6 Å². The van der Waals surface area contributed by atoms with Crippen molar-refractivity contribution in [2.24, 2.45) is 0 Å². The molecule has 0 spiro atoms. The Bertz CT molecular complexity index is 481. The molecule has 96 valence electrons. The number of nitrogens with zero attached hydrogens (tertiary/aromatic N) is 1. The van der Waals surface area contributed by atoms with Crippen LogP contribution >= 0.6 is 0 Å². The average molecular weight is 249 g/mol. The van der Waals surface area contributed by atoms with Gasteiger partial charge in [0.2, 0.25) is 0 Å². The van der Waals surface area contributed by atoms with E-state index >= 15 is 0 Å². The summed E-state index contributed by atoms with van der Waals surface area (Å²) in [7, 11) is 0. The van der Waals surface area contributed by atoms with Gasteiger partial charge in [0.1, 0.15) is 0 Å². The van der Waals surface area contributed by atoms with E-state index in [1.165, 1.54) is 12.1 Å². The van der Waals surface area contributed by atoms with Crippen molar-refractivity contribution < 1.29 is 9.72 Å². The maximum absolute atomic E-state index is 12.0. The summed E-state index contributed by atoms with van der Waals surface area (Å²) in [6.45, 7) is 3.41. The van der Waals surface area contributed by atoms with Crippen molar-refractivity contribution in [3.05, 3.63) is 39.4 Å². The normalized spacial score (nSPS) is 18.6. The predicted octanol–water partition coefficient (Wildman–Crippen LogP) is 0.995. The Balaban J connectivity index is 2.17. The molecule has 0 unspecified atom stereocenters. The van der Waals surface area contributed by atoms with E-state index in [1.54, 1.807) is 13.0 Å². The lowest BCUT2D eigenvalue weighted by molar-refractivity contribution is -0.384. The second kappa shape index (κ2) is 5.14. The highest BCUT2D eigenvalue weighted by Gasteiger charge is 2.20. The fraction of sp³-hybridized carbons (Fsp3) is 0.417. The van der Waals surface area contributed by atoms with Crippen LogP contribution in [0.5, 0.6) is 0 Å². The fourth-order valence-corrected chi connectivity index (χ4v) is 2.01. The second-order valence-corrected chi connectivity index (χ2v) is 4.42. The number of hydrogen-bond acceptors (Lipinski definition) is 4. The fourth-order valence-electron chi connectivity index (χ4n) is 2.01. The van der Waals surface area contributed by atoms with Crippen LogP contribution in [0.1, 0.15) is 22.3 Å². The highest BCUT2D eigenvalue weighted by Crippen LogP contribution is 2.17. The Labute approximate surface area is 105 Å². The van der Waals surface area contributed by atoms with E-state index in [0.717, 1.165) is 25.1 Å². The van der Waals surface area contributed by atoms with Crippen LogP contribution in [0.25, 0.3) is 0 Å². The molecule has 1 heterocycles. The number of benzene rings is 1. The molecule has 2 N–H and O–H groups in total. The average Bonchev–Trinajstić information content (AvgIpc) is 2.81. The molecule has 1 amide bonds. The number of nitrogens with one attached hydrogen (secondary N) is 2. The van der Waals surface area contributed by atoms with Crippen molar-refractivity contribution in [2.75, 3.05) is 13.1 Å². The molecule has 18 heavy (non-hydrogen) atoms. The Morgan fingerprint density at radius 1 is 1.56 bits per heavy atom. The highest BCUT2D eigenvalue weighted by molar-refractivity contribution is 5.96. The predicted molar refractivity (Wildman–Crippen MR) is 66.6 cm³/mol. The van der Waals surface area contributed by atoms with Gasteiger partial charge in [-0.25, -0.2) is 0 Å². The number of rotatable bonds is 3. The summed E-state index contributed by atoms with van der Waals surface area (Å²) >= 11 is 0. The maximum atomic E-state index is 12.0. The third-order valence-electron chi connectivity index (χ3n) is 3.07. The van der Waals surface area contributed by atoms with Crippen molar-refractivity contribution in [3.8, 4) is 0 Å². The van der Waals surface area contributed by atoms with Crippen LogP contribution in [0.15, 0.2) is 18.2 Å². The molecule has 1 aliphatic rings. The van der Waals surface area contributed by atoms with Crippen LogP contribution in [-0.2, 0) is 0 Å². The summed E-state index contributed by atoms with van der Waals surface area (Å²) in [5.74, 6) is -0.245. The van der Waals surface area contributed by atoms with Gasteiger partial charge < -0.3 is 10.6 Å². The lowest BCUT2D eigenvalue weighted by Gasteiger charge is -2.12. The third kappa shape index (κ3) is 2.65. The summed E-state index contributed by atoms with van der Waals surface area (Å²) in [4.78, 5) is 22.2. The minimum Gasteiger partial charge on any atom is -0.348 e. The molecule has 1 aliphatic heterocycles. The first-order valence-corrected chi connectivity index (χ1v) is 5.84. The van der Waals surface area contributed by atoms with Gasteiger partial charge in [0.15, 0.2) is 0 Å². The molecule has 2 rings (SSSR count). The first-order valence-electron chi connectivity index (χ1n) is 5.84. The van der Waals surface area contributed by atoms with Crippen LogP contribution in [-0.4, -0.2) is 30.0 Å². The smallest absolute Gasteiger partial charge is 0.270 e. The summed E-state index contributed by atoms with van der Waals surface area (Å²) in [6, 6.07) is 4.44. The van der Waals surface area contributed by atoms with Gasteiger partial charge >= 0.3 is 0 Å². The number of nitro benzene ring substituents is 1. The summed E-state index contributed by atoms with van der Waals surface area (Å²) in [5.41, 5.74) is 1.05. The summed E-state index contributed by atoms with van der Waals surface area (Å²) in [5, 5.41) is 16.7. The number of carbonyl (C=O) groups excluding carboxylic acids is 1. The molecule has 0 bridgehead atoms. The number of nitro groups is 1. The molecule has 0 radical (unpaired) electrons. The zero-order valence-corrected chi connectivity index (χ0v) is 10.1. The lowest BCUT2D eigenvalue weighted by Crippen LogP contribution is -2.36. The van der Waals surface area contributed by atoms with Crippen LogP contribution < -0.4 is 10.6 Å². The monoisotopic (exact) mass is 249 g/mol. The molecule has 1 atom stereocenters. The maximum Gasteiger partial charge on any atom is 0.270 e. The van der Waals surface area contributed by atoms with Gasteiger partial charge in [0.25, 0.3) is 11.6 Å². The molecule has 0 saturated carbocycles. The zero-order chi connectivity index (χ0) is 13.1. The highest BCUT2D eigenvalue weighted by atomic mass is 16.6. The van der Waals surface area contributed by atoms with Gasteiger partial charge in [-0.15, -0.1) is 0 Å². The van der Waals surface area contributed by atoms with E-state index in [2.05, 4.69) is 10.6 Å². The first kappa shape index (κ1) is 12.5. The Morgan fingerprint density at radius 2 is 2.33 bits per heavy atom. The van der Waals surface area contributed by atoms with Gasteiger partial charge in [-0.2, -0.15) is 0 Å². The zero-order valence-electron chi connectivity index (χ0n) is 10.1. The van der Waals surface area contributed by atoms with E-state index < -0.39 is 4.92 Å². The standard InChI is InChI=1S/C12H15N3O3/c1-8-2-3-10(15(17)18)6-11(8)12(16)14-9-4-5-13-7-9/h2-3,6,9,13H,4-5,7H2,1H3,(H,14,16)/t9-/m1/s1. The van der Waals surface area contributed by atoms with E-state index in [4.69, 9.17) is 0 Å². The Hall–Kier alpha value is -1.95. The van der Waals surface area contributed by atoms with Crippen LogP contribution in [0.4, 0.5) is 5.69 Å². The quantitative estimate of drug-likeness (QED) is 0.618. The van der Waals surface area contributed by atoms with Gasteiger partial charge in [-0.3, -0.25) is 14.9 Å². The Kier molecular flexibility index (Phi) is 3.57. The SMILES string of the molecule is Cc1ccc([N+](=O)[O-])cc1C(=O)N[C@@H]1CCNC1. The van der Waals surface area contributed by atoms with Gasteiger partial charge in [-0.05, 0) is 25.5 Å². The lowest BCUT2D eigenvalue weighted by atomic mass is 10.1. The van der Waals surface area contributed by atoms with Gasteiger partial charge in [0.05, 0.1) is 4.92 Å². The van der Waals surface area contributed by atoms with Crippen LogP contribution in [0.2, 0.25) is 0 Å². The molecule has 1 fully saturated rings. The molecule has 6 heteroatoms. The van der Waals surface area contributed by atoms with E-state index in [1.807, 2.05) is 0 Å². The van der Waals surface area contributed by atoms with Crippen molar-refractivity contribution >= 4 is 11.6 Å². The minimum absolute atomic E-state index is 0.0599. The van der Waals surface area contributed by atoms with Gasteiger partial charge in [-0.1, -0.05) is 6.07 Å². The Morgan fingerprint density at radius 3 is 2.94 bits per heavy atom. The number of aryl methyl sites for hydroxylation is 1. The van der Waals surface area contributed by atoms with E-state index in [0.29, 0.717) is 5.56 Å². The number of amides is 1. The first-order chi connectivity index (χ1) is 8.58. The summed E-state index contributed by atoms with van der Waals surface area (Å²) in [6.07, 6.45) is 0.889. The van der Waals surface area contributed by atoms with E-state index in [9.17, 15) is 14.9 Å². The topological polar surface area (TPSA) is 84.3 Å². The molecular weight excluding hydrogens is 234 g/mol. The van der Waals surface area contributed by atoms with Crippen molar-refractivity contribution in [3.63, 3.8) is 0 Å². The third-order valence-corrected chi connectivity index (χ3v) is 3.07. The minimum atomic E-state index is -0.493. The molecule has 1 aromatic carbocycles. The number of non-ortho nitro benzene ring substituents is 1. The largest absolute Gasteiger partial charge is 0.348 e. The molecule has 1 aromatic rings.